The molecule has 0 spiro atoms. The van der Waals surface area contributed by atoms with Gasteiger partial charge in [-0.25, -0.2) is 4.72 Å². The fraction of sp³-hybridized carbons (Fsp3) is 0.125. The van der Waals surface area contributed by atoms with Crippen molar-refractivity contribution in [3.8, 4) is 0 Å². The largest absolute Gasteiger partial charge is 0.480 e. The number of benzene rings is 1. The summed E-state index contributed by atoms with van der Waals surface area (Å²) in [5.41, 5.74) is 0.856. The van der Waals surface area contributed by atoms with E-state index in [-0.39, 0.29) is 0 Å². The van der Waals surface area contributed by atoms with E-state index in [0.29, 0.717) is 0 Å². The SMILES string of the molecule is O=C(O)C1NSc2ccccc21. The van der Waals surface area contributed by atoms with Crippen molar-refractivity contribution in [1.82, 2.24) is 4.72 Å². The average molecular weight is 181 g/mol. The Balaban J connectivity index is 2.42. The quantitative estimate of drug-likeness (QED) is 0.643. The second kappa shape index (κ2) is 2.80. The third-order valence-electron chi connectivity index (χ3n) is 1.76. The molecule has 1 aliphatic rings. The summed E-state index contributed by atoms with van der Waals surface area (Å²) in [7, 11) is 0. The maximum atomic E-state index is 10.7. The summed E-state index contributed by atoms with van der Waals surface area (Å²) in [4.78, 5) is 11.7. The number of aliphatic carboxylic acids is 1. The molecule has 0 saturated heterocycles. The fourth-order valence-corrected chi connectivity index (χ4v) is 2.10. The Morgan fingerprint density at radius 3 is 3.00 bits per heavy atom. The van der Waals surface area contributed by atoms with Crippen LogP contribution in [0.4, 0.5) is 0 Å². The van der Waals surface area contributed by atoms with Gasteiger partial charge in [0.2, 0.25) is 0 Å². The molecule has 0 fully saturated rings. The number of fused-ring (bicyclic) bond motifs is 1. The van der Waals surface area contributed by atoms with Crippen LogP contribution in [0.15, 0.2) is 29.2 Å². The maximum absolute atomic E-state index is 10.7. The van der Waals surface area contributed by atoms with Crippen LogP contribution in [0.1, 0.15) is 11.6 Å². The molecule has 1 heterocycles. The van der Waals surface area contributed by atoms with Crippen LogP contribution in [0, 0.1) is 0 Å². The van der Waals surface area contributed by atoms with Crippen LogP contribution in [0.5, 0.6) is 0 Å². The van der Waals surface area contributed by atoms with Gasteiger partial charge in [0.1, 0.15) is 6.04 Å². The average Bonchev–Trinajstić information content (AvgIpc) is 2.47. The summed E-state index contributed by atoms with van der Waals surface area (Å²) in [5, 5.41) is 8.78. The van der Waals surface area contributed by atoms with Crippen molar-refractivity contribution >= 4 is 17.9 Å². The molecule has 1 aromatic rings. The predicted octanol–water partition coefficient (Wildman–Crippen LogP) is 1.42. The molecule has 0 aliphatic carbocycles. The van der Waals surface area contributed by atoms with Crippen LogP contribution in [0.2, 0.25) is 0 Å². The van der Waals surface area contributed by atoms with Gasteiger partial charge < -0.3 is 5.11 Å². The van der Waals surface area contributed by atoms with Crippen molar-refractivity contribution in [3.05, 3.63) is 29.8 Å². The molecule has 0 amide bonds. The second-order valence-corrected chi connectivity index (χ2v) is 3.41. The van der Waals surface area contributed by atoms with Crippen LogP contribution in [-0.2, 0) is 4.79 Å². The van der Waals surface area contributed by atoms with Gasteiger partial charge in [0.25, 0.3) is 0 Å². The van der Waals surface area contributed by atoms with Crippen LogP contribution in [0.3, 0.4) is 0 Å². The number of carboxylic acid groups (broad SMARTS) is 1. The number of carbonyl (C=O) groups is 1. The number of carboxylic acids is 1. The Morgan fingerprint density at radius 1 is 1.50 bits per heavy atom. The van der Waals surface area contributed by atoms with E-state index in [9.17, 15) is 4.79 Å². The molecule has 0 radical (unpaired) electrons. The van der Waals surface area contributed by atoms with E-state index in [4.69, 9.17) is 5.11 Å². The lowest BCUT2D eigenvalue weighted by Gasteiger charge is -2.02. The lowest BCUT2D eigenvalue weighted by atomic mass is 10.1. The Labute approximate surface area is 73.9 Å². The first-order chi connectivity index (χ1) is 5.79. The number of hydrogen-bond acceptors (Lipinski definition) is 3. The van der Waals surface area contributed by atoms with Gasteiger partial charge in [-0.05, 0) is 23.6 Å². The monoisotopic (exact) mass is 181 g/mol. The zero-order valence-electron chi connectivity index (χ0n) is 6.15. The third-order valence-corrected chi connectivity index (χ3v) is 2.71. The molecule has 1 aliphatic heterocycles. The number of hydrogen-bond donors (Lipinski definition) is 2. The zero-order valence-corrected chi connectivity index (χ0v) is 6.97. The Kier molecular flexibility index (Phi) is 1.78. The molecule has 3 nitrogen and oxygen atoms in total. The zero-order chi connectivity index (χ0) is 8.55. The molecule has 1 aromatic carbocycles. The highest BCUT2D eigenvalue weighted by molar-refractivity contribution is 7.97. The summed E-state index contributed by atoms with van der Waals surface area (Å²) < 4.78 is 2.84. The Bertz CT molecular complexity index is 327. The van der Waals surface area contributed by atoms with Gasteiger partial charge in [-0.1, -0.05) is 18.2 Å². The molecule has 1 unspecified atom stereocenters. The van der Waals surface area contributed by atoms with E-state index in [1.165, 1.54) is 11.9 Å². The lowest BCUT2D eigenvalue weighted by Crippen LogP contribution is -2.18. The number of rotatable bonds is 1. The van der Waals surface area contributed by atoms with E-state index in [1.54, 1.807) is 0 Å². The topological polar surface area (TPSA) is 49.3 Å². The van der Waals surface area contributed by atoms with Crippen molar-refractivity contribution in [3.63, 3.8) is 0 Å². The molecule has 2 rings (SSSR count). The Morgan fingerprint density at radius 2 is 2.25 bits per heavy atom. The highest BCUT2D eigenvalue weighted by Crippen LogP contribution is 2.34. The van der Waals surface area contributed by atoms with E-state index < -0.39 is 12.0 Å². The van der Waals surface area contributed by atoms with E-state index in [2.05, 4.69) is 4.72 Å². The molecule has 62 valence electrons. The minimum absolute atomic E-state index is 0.550. The molecule has 0 bridgehead atoms. The van der Waals surface area contributed by atoms with Gasteiger partial charge in [0, 0.05) is 4.90 Å². The predicted molar refractivity (Wildman–Crippen MR) is 45.8 cm³/mol. The van der Waals surface area contributed by atoms with Crippen molar-refractivity contribution in [2.45, 2.75) is 10.9 Å². The van der Waals surface area contributed by atoms with Gasteiger partial charge in [-0.2, -0.15) is 0 Å². The first kappa shape index (κ1) is 7.64. The maximum Gasteiger partial charge on any atom is 0.326 e. The van der Waals surface area contributed by atoms with Gasteiger partial charge in [-0.3, -0.25) is 4.79 Å². The summed E-state index contributed by atoms with van der Waals surface area (Å²) >= 11 is 1.37. The molecule has 12 heavy (non-hydrogen) atoms. The van der Waals surface area contributed by atoms with Crippen molar-refractivity contribution in [1.29, 1.82) is 0 Å². The molecule has 0 aromatic heterocycles. The van der Waals surface area contributed by atoms with Crippen molar-refractivity contribution in [2.75, 3.05) is 0 Å². The Hall–Kier alpha value is -1.00. The first-order valence-electron chi connectivity index (χ1n) is 3.53. The molecular formula is C8H7NO2S. The van der Waals surface area contributed by atoms with Gasteiger partial charge in [0.05, 0.1) is 0 Å². The van der Waals surface area contributed by atoms with E-state index in [0.717, 1.165) is 10.5 Å². The fourth-order valence-electron chi connectivity index (χ4n) is 1.18. The highest BCUT2D eigenvalue weighted by atomic mass is 32.2. The van der Waals surface area contributed by atoms with Crippen molar-refractivity contribution < 1.29 is 9.90 Å². The summed E-state index contributed by atoms with van der Waals surface area (Å²) in [6.07, 6.45) is 0. The molecular weight excluding hydrogens is 174 g/mol. The highest BCUT2D eigenvalue weighted by Gasteiger charge is 2.27. The van der Waals surface area contributed by atoms with Crippen LogP contribution in [0.25, 0.3) is 0 Å². The smallest absolute Gasteiger partial charge is 0.326 e. The normalized spacial score (nSPS) is 20.5. The standard InChI is InChI=1S/C8H7NO2S/c10-8(11)7-5-3-1-2-4-6(5)12-9-7/h1-4,7,9H,(H,10,11). The third kappa shape index (κ3) is 1.09. The van der Waals surface area contributed by atoms with Gasteiger partial charge in [-0.15, -0.1) is 0 Å². The minimum Gasteiger partial charge on any atom is -0.480 e. The second-order valence-electron chi connectivity index (χ2n) is 2.53. The van der Waals surface area contributed by atoms with Gasteiger partial charge >= 0.3 is 5.97 Å². The van der Waals surface area contributed by atoms with Crippen LogP contribution < -0.4 is 4.72 Å². The molecule has 1 atom stereocenters. The molecule has 4 heteroatoms. The van der Waals surface area contributed by atoms with Crippen LogP contribution >= 0.6 is 11.9 Å². The van der Waals surface area contributed by atoms with E-state index >= 15 is 0 Å². The minimum atomic E-state index is -0.826. The van der Waals surface area contributed by atoms with E-state index in [1.807, 2.05) is 24.3 Å². The van der Waals surface area contributed by atoms with Crippen molar-refractivity contribution in [2.24, 2.45) is 0 Å². The number of nitrogens with one attached hydrogen (secondary N) is 1. The van der Waals surface area contributed by atoms with Gasteiger partial charge in [0.15, 0.2) is 0 Å². The molecule has 2 N–H and O–H groups in total. The van der Waals surface area contributed by atoms with Crippen LogP contribution in [-0.4, -0.2) is 11.1 Å². The first-order valence-corrected chi connectivity index (χ1v) is 4.35. The summed E-state index contributed by atoms with van der Waals surface area (Å²) in [6, 6.07) is 6.95. The summed E-state index contributed by atoms with van der Waals surface area (Å²) in [6.45, 7) is 0. The summed E-state index contributed by atoms with van der Waals surface area (Å²) in [5.74, 6) is -0.826. The molecule has 0 saturated carbocycles. The lowest BCUT2D eigenvalue weighted by molar-refractivity contribution is -0.139.